The Bertz CT molecular complexity index is 838. The normalized spacial score (nSPS) is 10.2. The summed E-state index contributed by atoms with van der Waals surface area (Å²) in [5.41, 5.74) is 1.94. The summed E-state index contributed by atoms with van der Waals surface area (Å²) in [6, 6.07) is 4.89. The van der Waals surface area contributed by atoms with Gasteiger partial charge in [-0.15, -0.1) is 0 Å². The van der Waals surface area contributed by atoms with Crippen LogP contribution in [-0.2, 0) is 4.84 Å². The fourth-order valence-corrected chi connectivity index (χ4v) is 2.12. The number of aromatic nitrogens is 1. The van der Waals surface area contributed by atoms with Gasteiger partial charge in [-0.1, -0.05) is 0 Å². The van der Waals surface area contributed by atoms with Crippen LogP contribution in [0.4, 0.5) is 0 Å². The quantitative estimate of drug-likeness (QED) is 0.587. The molecule has 1 amide bonds. The maximum atomic E-state index is 12.5. The average Bonchev–Trinajstić information content (AvgIpc) is 2.57. The molecular formula is C16H17N3O5. The van der Waals surface area contributed by atoms with Crippen LogP contribution in [0.3, 0.4) is 0 Å². The van der Waals surface area contributed by atoms with Gasteiger partial charge in [0.2, 0.25) is 5.43 Å². The Balaban J connectivity index is 2.46. The summed E-state index contributed by atoms with van der Waals surface area (Å²) in [5.74, 6) is 0.202. The van der Waals surface area contributed by atoms with Crippen LogP contribution >= 0.6 is 0 Å². The Hall–Kier alpha value is -3.05. The SMILES string of the molecule is CCOc1cc2[nH]cc(C(=O)NOCC#N)c(=O)c2cc1OCC. The third-order valence-corrected chi connectivity index (χ3v) is 3.09. The fraction of sp³-hybridized carbons (Fsp3) is 0.312. The second kappa shape index (κ2) is 7.99. The van der Waals surface area contributed by atoms with Crippen LogP contribution in [-0.4, -0.2) is 30.7 Å². The standard InChI is InChI=1S/C16H17N3O5/c1-3-22-13-7-10-12(8-14(13)23-4-2)18-9-11(15(10)20)16(21)19-24-6-5-17/h7-9H,3-4,6H2,1-2H3,(H,18,20)(H,19,21). The number of nitriles is 1. The minimum absolute atomic E-state index is 0.132. The Labute approximate surface area is 137 Å². The number of nitrogens with zero attached hydrogens (tertiary/aromatic N) is 1. The number of carbonyl (C=O) groups excluding carboxylic acids is 1. The molecule has 0 saturated carbocycles. The molecule has 1 heterocycles. The molecule has 0 saturated heterocycles. The van der Waals surface area contributed by atoms with Crippen molar-refractivity contribution in [2.24, 2.45) is 0 Å². The van der Waals surface area contributed by atoms with Gasteiger partial charge in [-0.05, 0) is 19.9 Å². The predicted octanol–water partition coefficient (Wildman–Crippen LogP) is 1.51. The first-order chi connectivity index (χ1) is 11.6. The number of hydroxylamine groups is 1. The second-order valence-electron chi connectivity index (χ2n) is 4.62. The van der Waals surface area contributed by atoms with E-state index in [1.165, 1.54) is 12.3 Å². The van der Waals surface area contributed by atoms with E-state index in [4.69, 9.17) is 14.7 Å². The molecule has 0 bridgehead atoms. The number of rotatable bonds is 7. The minimum atomic E-state index is -0.736. The molecule has 8 heteroatoms. The van der Waals surface area contributed by atoms with Crippen molar-refractivity contribution in [3.05, 3.63) is 34.1 Å². The fourth-order valence-electron chi connectivity index (χ4n) is 2.12. The third-order valence-electron chi connectivity index (χ3n) is 3.09. The third kappa shape index (κ3) is 3.64. The highest BCUT2D eigenvalue weighted by molar-refractivity contribution is 5.97. The Morgan fingerprint density at radius 2 is 1.92 bits per heavy atom. The Kier molecular flexibility index (Phi) is 5.76. The van der Waals surface area contributed by atoms with E-state index in [-0.39, 0.29) is 17.6 Å². The molecule has 0 aliphatic heterocycles. The van der Waals surface area contributed by atoms with Gasteiger partial charge in [-0.3, -0.25) is 14.4 Å². The molecule has 0 spiro atoms. The van der Waals surface area contributed by atoms with E-state index >= 15 is 0 Å². The topological polar surface area (TPSA) is 113 Å². The summed E-state index contributed by atoms with van der Waals surface area (Å²) < 4.78 is 11.0. The molecule has 8 nitrogen and oxygen atoms in total. The number of benzene rings is 1. The lowest BCUT2D eigenvalue weighted by Crippen LogP contribution is -2.29. The molecule has 0 aliphatic carbocycles. The smallest absolute Gasteiger partial charge is 0.280 e. The number of H-pyrrole nitrogens is 1. The van der Waals surface area contributed by atoms with Crippen LogP contribution in [0.1, 0.15) is 24.2 Å². The van der Waals surface area contributed by atoms with E-state index in [0.717, 1.165) is 0 Å². The van der Waals surface area contributed by atoms with Crippen LogP contribution in [0.15, 0.2) is 23.1 Å². The van der Waals surface area contributed by atoms with Crippen molar-refractivity contribution in [3.63, 3.8) is 0 Å². The van der Waals surface area contributed by atoms with E-state index in [0.29, 0.717) is 30.2 Å². The van der Waals surface area contributed by atoms with E-state index in [1.807, 2.05) is 19.3 Å². The van der Waals surface area contributed by atoms with Crippen LogP contribution in [0.25, 0.3) is 10.9 Å². The molecular weight excluding hydrogens is 314 g/mol. The Morgan fingerprint density at radius 3 is 2.54 bits per heavy atom. The molecule has 24 heavy (non-hydrogen) atoms. The number of amides is 1. The van der Waals surface area contributed by atoms with Crippen LogP contribution in [0, 0.1) is 11.3 Å². The van der Waals surface area contributed by atoms with Crippen molar-refractivity contribution in [2.75, 3.05) is 19.8 Å². The molecule has 1 aromatic heterocycles. The molecule has 0 fully saturated rings. The molecule has 0 aliphatic rings. The highest BCUT2D eigenvalue weighted by Gasteiger charge is 2.16. The average molecular weight is 331 g/mol. The molecule has 1 aromatic carbocycles. The molecule has 2 N–H and O–H groups in total. The monoisotopic (exact) mass is 331 g/mol. The maximum Gasteiger partial charge on any atom is 0.280 e. The zero-order valence-corrected chi connectivity index (χ0v) is 13.3. The molecule has 2 aromatic rings. The first-order valence-electron chi connectivity index (χ1n) is 7.36. The number of pyridine rings is 1. The largest absolute Gasteiger partial charge is 0.490 e. The van der Waals surface area contributed by atoms with Crippen LogP contribution in [0.2, 0.25) is 0 Å². The summed E-state index contributed by atoms with van der Waals surface area (Å²) >= 11 is 0. The van der Waals surface area contributed by atoms with Crippen LogP contribution < -0.4 is 20.4 Å². The molecule has 0 atom stereocenters. The van der Waals surface area contributed by atoms with E-state index in [9.17, 15) is 9.59 Å². The highest BCUT2D eigenvalue weighted by Crippen LogP contribution is 2.30. The molecule has 126 valence electrons. The maximum absolute atomic E-state index is 12.5. The first-order valence-corrected chi connectivity index (χ1v) is 7.36. The van der Waals surface area contributed by atoms with E-state index < -0.39 is 11.3 Å². The number of carbonyl (C=O) groups is 1. The number of hydrogen-bond acceptors (Lipinski definition) is 6. The summed E-state index contributed by atoms with van der Waals surface area (Å²) in [7, 11) is 0. The Morgan fingerprint density at radius 1 is 1.25 bits per heavy atom. The highest BCUT2D eigenvalue weighted by atomic mass is 16.6. The number of aromatic amines is 1. The van der Waals surface area contributed by atoms with Crippen molar-refractivity contribution < 1.29 is 19.1 Å². The summed E-state index contributed by atoms with van der Waals surface area (Å²) in [6.07, 6.45) is 1.28. The van der Waals surface area contributed by atoms with Gasteiger partial charge in [-0.25, -0.2) is 5.48 Å². The lowest BCUT2D eigenvalue weighted by molar-refractivity contribution is 0.0433. The summed E-state index contributed by atoms with van der Waals surface area (Å²) in [6.45, 7) is 4.21. The lowest BCUT2D eigenvalue weighted by Gasteiger charge is -2.12. The van der Waals surface area contributed by atoms with Gasteiger partial charge in [0.25, 0.3) is 5.91 Å². The minimum Gasteiger partial charge on any atom is -0.490 e. The lowest BCUT2D eigenvalue weighted by atomic mass is 10.1. The molecule has 0 unspecified atom stereocenters. The second-order valence-corrected chi connectivity index (χ2v) is 4.62. The van der Waals surface area contributed by atoms with Gasteiger partial charge < -0.3 is 14.5 Å². The van der Waals surface area contributed by atoms with Gasteiger partial charge in [0.15, 0.2) is 18.1 Å². The van der Waals surface area contributed by atoms with Gasteiger partial charge in [0.1, 0.15) is 5.56 Å². The van der Waals surface area contributed by atoms with Gasteiger partial charge in [-0.2, -0.15) is 5.26 Å². The molecule has 2 rings (SSSR count). The van der Waals surface area contributed by atoms with Crippen molar-refractivity contribution in [3.8, 4) is 17.6 Å². The number of ether oxygens (including phenoxy) is 2. The van der Waals surface area contributed by atoms with E-state index in [1.54, 1.807) is 12.1 Å². The summed E-state index contributed by atoms with van der Waals surface area (Å²) in [4.78, 5) is 32.0. The first kappa shape index (κ1) is 17.3. The summed E-state index contributed by atoms with van der Waals surface area (Å²) in [5, 5.41) is 8.66. The number of hydrogen-bond donors (Lipinski definition) is 2. The van der Waals surface area contributed by atoms with Gasteiger partial charge in [0.05, 0.1) is 30.2 Å². The van der Waals surface area contributed by atoms with E-state index in [2.05, 4.69) is 9.82 Å². The zero-order valence-electron chi connectivity index (χ0n) is 13.3. The van der Waals surface area contributed by atoms with Crippen molar-refractivity contribution in [1.82, 2.24) is 10.5 Å². The van der Waals surface area contributed by atoms with Crippen molar-refractivity contribution in [1.29, 1.82) is 5.26 Å². The predicted molar refractivity (Wildman–Crippen MR) is 85.9 cm³/mol. The molecule has 0 radical (unpaired) electrons. The van der Waals surface area contributed by atoms with Crippen molar-refractivity contribution >= 4 is 16.8 Å². The van der Waals surface area contributed by atoms with Gasteiger partial charge >= 0.3 is 0 Å². The van der Waals surface area contributed by atoms with Gasteiger partial charge in [0, 0.05) is 12.3 Å². The number of fused-ring (bicyclic) bond motifs is 1. The zero-order chi connectivity index (χ0) is 17.5. The van der Waals surface area contributed by atoms with Crippen molar-refractivity contribution in [2.45, 2.75) is 13.8 Å². The number of nitrogens with one attached hydrogen (secondary N) is 2. The van der Waals surface area contributed by atoms with Crippen LogP contribution in [0.5, 0.6) is 11.5 Å².